The molecule has 0 radical (unpaired) electrons. The van der Waals surface area contributed by atoms with E-state index in [0.29, 0.717) is 18.4 Å². The third kappa shape index (κ3) is 4.50. The summed E-state index contributed by atoms with van der Waals surface area (Å²) in [6, 6.07) is 4.21. The van der Waals surface area contributed by atoms with Crippen molar-refractivity contribution in [3.63, 3.8) is 0 Å². The Bertz CT molecular complexity index is 427. The maximum absolute atomic E-state index is 13.4. The van der Waals surface area contributed by atoms with E-state index in [1.807, 2.05) is 0 Å². The highest BCUT2D eigenvalue weighted by Gasteiger charge is 2.30. The van der Waals surface area contributed by atoms with E-state index in [4.69, 9.17) is 0 Å². The normalized spacial score (nSPS) is 24.0. The summed E-state index contributed by atoms with van der Waals surface area (Å²) in [4.78, 5) is 0. The SMILES string of the molecule is CCNC(Cc1cc(F)cc(F)c1)C1CCCCC1CC. The maximum Gasteiger partial charge on any atom is 0.126 e. The van der Waals surface area contributed by atoms with Crippen molar-refractivity contribution >= 4 is 0 Å². The molecule has 1 saturated carbocycles. The second-order valence-corrected chi connectivity index (χ2v) is 6.26. The van der Waals surface area contributed by atoms with Gasteiger partial charge in [0.1, 0.15) is 11.6 Å². The van der Waals surface area contributed by atoms with Crippen LogP contribution in [0.15, 0.2) is 18.2 Å². The Morgan fingerprint density at radius 1 is 1.10 bits per heavy atom. The minimum absolute atomic E-state index is 0.321. The topological polar surface area (TPSA) is 12.0 Å². The summed E-state index contributed by atoms with van der Waals surface area (Å²) >= 11 is 0. The van der Waals surface area contributed by atoms with Crippen molar-refractivity contribution in [1.82, 2.24) is 5.32 Å². The van der Waals surface area contributed by atoms with Crippen molar-refractivity contribution in [2.24, 2.45) is 11.8 Å². The number of likely N-dealkylation sites (N-methyl/N-ethyl adjacent to an activating group) is 1. The van der Waals surface area contributed by atoms with Crippen LogP contribution in [-0.2, 0) is 6.42 Å². The van der Waals surface area contributed by atoms with E-state index in [1.165, 1.54) is 44.2 Å². The highest BCUT2D eigenvalue weighted by atomic mass is 19.1. The molecule has 0 saturated heterocycles. The van der Waals surface area contributed by atoms with E-state index in [0.717, 1.165) is 24.1 Å². The number of rotatable bonds is 6. The summed E-state index contributed by atoms with van der Waals surface area (Å²) in [5, 5.41) is 3.56. The first kappa shape index (κ1) is 16.4. The number of nitrogens with one attached hydrogen (secondary N) is 1. The lowest BCUT2D eigenvalue weighted by Gasteiger charge is -2.37. The molecule has 1 aromatic rings. The third-order valence-corrected chi connectivity index (χ3v) is 4.85. The van der Waals surface area contributed by atoms with Gasteiger partial charge in [-0.15, -0.1) is 0 Å². The molecule has 1 N–H and O–H groups in total. The van der Waals surface area contributed by atoms with Crippen molar-refractivity contribution in [3.8, 4) is 0 Å². The number of halogens is 2. The predicted octanol–water partition coefficient (Wildman–Crippen LogP) is 4.70. The van der Waals surface area contributed by atoms with Crippen LogP contribution in [0.3, 0.4) is 0 Å². The number of hydrogen-bond donors (Lipinski definition) is 1. The van der Waals surface area contributed by atoms with E-state index in [-0.39, 0.29) is 0 Å². The van der Waals surface area contributed by atoms with Gasteiger partial charge in [-0.3, -0.25) is 0 Å². The monoisotopic (exact) mass is 295 g/mol. The van der Waals surface area contributed by atoms with Crippen molar-refractivity contribution < 1.29 is 8.78 Å². The molecule has 1 aromatic carbocycles. The fraction of sp³-hybridized carbons (Fsp3) is 0.667. The largest absolute Gasteiger partial charge is 0.314 e. The standard InChI is InChI=1S/C18H27F2N/c1-3-14-7-5-6-8-17(14)18(21-4-2)11-13-9-15(19)12-16(20)10-13/h9-10,12,14,17-18,21H,3-8,11H2,1-2H3. The zero-order valence-corrected chi connectivity index (χ0v) is 13.2. The fourth-order valence-corrected chi connectivity index (χ4v) is 3.89. The number of benzene rings is 1. The van der Waals surface area contributed by atoms with Gasteiger partial charge in [0, 0.05) is 12.1 Å². The lowest BCUT2D eigenvalue weighted by molar-refractivity contribution is 0.175. The Labute approximate surface area is 127 Å². The fourth-order valence-electron chi connectivity index (χ4n) is 3.89. The molecule has 2 rings (SSSR count). The molecular formula is C18H27F2N. The van der Waals surface area contributed by atoms with Crippen LogP contribution in [0.1, 0.15) is 51.5 Å². The Morgan fingerprint density at radius 2 is 1.76 bits per heavy atom. The van der Waals surface area contributed by atoms with Gasteiger partial charge in [-0.1, -0.05) is 39.5 Å². The van der Waals surface area contributed by atoms with Gasteiger partial charge in [0.15, 0.2) is 0 Å². The van der Waals surface area contributed by atoms with Crippen LogP contribution < -0.4 is 5.32 Å². The molecule has 3 heteroatoms. The molecule has 0 amide bonds. The molecule has 1 nitrogen and oxygen atoms in total. The Balaban J connectivity index is 2.13. The van der Waals surface area contributed by atoms with Crippen molar-refractivity contribution in [2.45, 2.75) is 58.4 Å². The van der Waals surface area contributed by atoms with Crippen LogP contribution in [-0.4, -0.2) is 12.6 Å². The van der Waals surface area contributed by atoms with Gasteiger partial charge >= 0.3 is 0 Å². The van der Waals surface area contributed by atoms with Gasteiger partial charge in [0.05, 0.1) is 0 Å². The van der Waals surface area contributed by atoms with Crippen LogP contribution in [0.25, 0.3) is 0 Å². The molecule has 3 atom stereocenters. The Hall–Kier alpha value is -0.960. The molecule has 1 fully saturated rings. The van der Waals surface area contributed by atoms with Crippen LogP contribution in [0.2, 0.25) is 0 Å². The second kappa shape index (κ2) is 7.88. The van der Waals surface area contributed by atoms with Crippen LogP contribution >= 0.6 is 0 Å². The van der Waals surface area contributed by atoms with Gasteiger partial charge in [-0.25, -0.2) is 8.78 Å². The summed E-state index contributed by atoms with van der Waals surface area (Å²) in [5.41, 5.74) is 0.763. The molecule has 21 heavy (non-hydrogen) atoms. The van der Waals surface area contributed by atoms with E-state index >= 15 is 0 Å². The first-order chi connectivity index (χ1) is 10.1. The zero-order chi connectivity index (χ0) is 15.2. The van der Waals surface area contributed by atoms with Gasteiger partial charge in [-0.05, 0) is 48.9 Å². The van der Waals surface area contributed by atoms with Gasteiger partial charge in [0.2, 0.25) is 0 Å². The average Bonchev–Trinajstić information content (AvgIpc) is 2.45. The van der Waals surface area contributed by atoms with Crippen LogP contribution in [0.4, 0.5) is 8.78 Å². The highest BCUT2D eigenvalue weighted by molar-refractivity contribution is 5.19. The minimum atomic E-state index is -0.476. The Kier molecular flexibility index (Phi) is 6.16. The summed E-state index contributed by atoms with van der Waals surface area (Å²) in [6.07, 6.45) is 7.03. The smallest absolute Gasteiger partial charge is 0.126 e. The highest BCUT2D eigenvalue weighted by Crippen LogP contribution is 2.35. The molecule has 0 heterocycles. The van der Waals surface area contributed by atoms with E-state index < -0.39 is 11.6 Å². The average molecular weight is 295 g/mol. The molecule has 0 aromatic heterocycles. The first-order valence-corrected chi connectivity index (χ1v) is 8.32. The molecule has 3 unspecified atom stereocenters. The summed E-state index contributed by atoms with van der Waals surface area (Å²) in [7, 11) is 0. The number of hydrogen-bond acceptors (Lipinski definition) is 1. The quantitative estimate of drug-likeness (QED) is 0.802. The summed E-state index contributed by atoms with van der Waals surface area (Å²) in [6.45, 7) is 5.26. The minimum Gasteiger partial charge on any atom is -0.314 e. The van der Waals surface area contributed by atoms with E-state index in [9.17, 15) is 8.78 Å². The molecule has 118 valence electrons. The molecular weight excluding hydrogens is 268 g/mol. The van der Waals surface area contributed by atoms with Crippen molar-refractivity contribution in [2.75, 3.05) is 6.54 Å². The van der Waals surface area contributed by atoms with Crippen molar-refractivity contribution in [3.05, 3.63) is 35.4 Å². The van der Waals surface area contributed by atoms with Gasteiger partial charge in [-0.2, -0.15) is 0 Å². The van der Waals surface area contributed by atoms with Gasteiger partial charge < -0.3 is 5.32 Å². The zero-order valence-electron chi connectivity index (χ0n) is 13.2. The molecule has 0 aliphatic heterocycles. The maximum atomic E-state index is 13.4. The molecule has 0 spiro atoms. The lowest BCUT2D eigenvalue weighted by Crippen LogP contribution is -2.42. The molecule has 0 bridgehead atoms. The van der Waals surface area contributed by atoms with E-state index in [2.05, 4.69) is 19.2 Å². The summed E-state index contributed by atoms with van der Waals surface area (Å²) in [5.74, 6) is 0.406. The van der Waals surface area contributed by atoms with E-state index in [1.54, 1.807) is 0 Å². The lowest BCUT2D eigenvalue weighted by atomic mass is 9.72. The van der Waals surface area contributed by atoms with Gasteiger partial charge in [0.25, 0.3) is 0 Å². The third-order valence-electron chi connectivity index (χ3n) is 4.85. The van der Waals surface area contributed by atoms with Crippen LogP contribution in [0, 0.1) is 23.5 Å². The molecule has 1 aliphatic carbocycles. The Morgan fingerprint density at radius 3 is 2.38 bits per heavy atom. The van der Waals surface area contributed by atoms with Crippen molar-refractivity contribution in [1.29, 1.82) is 0 Å². The first-order valence-electron chi connectivity index (χ1n) is 8.32. The van der Waals surface area contributed by atoms with Crippen LogP contribution in [0.5, 0.6) is 0 Å². The summed E-state index contributed by atoms with van der Waals surface area (Å²) < 4.78 is 26.8. The predicted molar refractivity (Wildman–Crippen MR) is 83.3 cm³/mol. The second-order valence-electron chi connectivity index (χ2n) is 6.26. The molecule has 1 aliphatic rings.